The van der Waals surface area contributed by atoms with E-state index in [0.29, 0.717) is 11.1 Å². The molecule has 0 saturated carbocycles. The number of benzene rings is 2. The molecule has 254 valence electrons. The molecule has 17 heteroatoms. The number of amides is 2. The molecule has 0 aliphatic heterocycles. The van der Waals surface area contributed by atoms with Crippen molar-refractivity contribution in [1.82, 2.24) is 15.5 Å². The minimum Gasteiger partial charge on any atom is -0.481 e. The third kappa shape index (κ3) is 11.2. The van der Waals surface area contributed by atoms with Crippen molar-refractivity contribution in [2.75, 3.05) is 11.4 Å². The van der Waals surface area contributed by atoms with Crippen molar-refractivity contribution in [3.63, 3.8) is 0 Å². The standard InChI is InChI=1S/C30H34F3N5O8S/c1-28(2,3)45-26(41)34-21(13-17-7-10-20(11-8-17)30(31,32)33)16-37(27(42)46-29(4,5)6)25-36-35-24(47-25)18-9-12-22(38(43)44)19(14-18)15-23(39)40/h7-12,14,21H,13,15-16H2,1-6H3,(H,34,41)(H,39,40)/t21-/m1/s1. The van der Waals surface area contributed by atoms with Crippen LogP contribution in [0.15, 0.2) is 42.5 Å². The summed E-state index contributed by atoms with van der Waals surface area (Å²) < 4.78 is 50.4. The summed E-state index contributed by atoms with van der Waals surface area (Å²) >= 11 is 0.889. The van der Waals surface area contributed by atoms with Gasteiger partial charge in [0.05, 0.1) is 29.5 Å². The van der Waals surface area contributed by atoms with Gasteiger partial charge in [-0.2, -0.15) is 13.2 Å². The summed E-state index contributed by atoms with van der Waals surface area (Å²) in [7, 11) is 0. The van der Waals surface area contributed by atoms with E-state index in [9.17, 15) is 42.8 Å². The minimum absolute atomic E-state index is 0.00389. The van der Waals surface area contributed by atoms with Gasteiger partial charge in [-0.3, -0.25) is 14.9 Å². The van der Waals surface area contributed by atoms with E-state index in [1.54, 1.807) is 41.5 Å². The normalized spacial score (nSPS) is 12.6. The summed E-state index contributed by atoms with van der Waals surface area (Å²) in [6.07, 6.45) is -6.91. The Kier molecular flexibility index (Phi) is 11.2. The van der Waals surface area contributed by atoms with E-state index in [2.05, 4.69) is 15.5 Å². The zero-order valence-electron chi connectivity index (χ0n) is 26.4. The van der Waals surface area contributed by atoms with Gasteiger partial charge in [-0.05, 0) is 77.8 Å². The van der Waals surface area contributed by atoms with Crippen LogP contribution in [0.5, 0.6) is 0 Å². The summed E-state index contributed by atoms with van der Waals surface area (Å²) in [5, 5.41) is 31.7. The van der Waals surface area contributed by atoms with Gasteiger partial charge < -0.3 is 19.9 Å². The number of ether oxygens (including phenoxy) is 2. The third-order valence-electron chi connectivity index (χ3n) is 6.01. The molecule has 2 amide bonds. The highest BCUT2D eigenvalue weighted by atomic mass is 32.1. The van der Waals surface area contributed by atoms with Crippen molar-refractivity contribution in [2.45, 2.75) is 77.8 Å². The number of anilines is 1. The number of alkyl halides is 3. The molecule has 0 aliphatic carbocycles. The average molecular weight is 682 g/mol. The molecular weight excluding hydrogens is 647 g/mol. The lowest BCUT2D eigenvalue weighted by atomic mass is 10.0. The Bertz CT molecular complexity index is 1620. The number of nitrogens with one attached hydrogen (secondary N) is 1. The molecule has 0 unspecified atom stereocenters. The van der Waals surface area contributed by atoms with E-state index < -0.39 is 64.2 Å². The second-order valence-electron chi connectivity index (χ2n) is 12.4. The van der Waals surface area contributed by atoms with Crippen LogP contribution in [0.1, 0.15) is 58.2 Å². The number of hydrogen-bond acceptors (Lipinski definition) is 10. The SMILES string of the molecule is CC(C)(C)OC(=O)N[C@H](Cc1ccc(C(F)(F)F)cc1)CN(C(=O)OC(C)(C)C)c1nnc(-c2ccc([N+](=O)[O-])c(CC(=O)O)c2)s1. The summed E-state index contributed by atoms with van der Waals surface area (Å²) in [4.78, 5) is 49.4. The van der Waals surface area contributed by atoms with Gasteiger partial charge in [-0.1, -0.05) is 23.5 Å². The zero-order valence-corrected chi connectivity index (χ0v) is 27.2. The van der Waals surface area contributed by atoms with Crippen LogP contribution in [0.2, 0.25) is 0 Å². The summed E-state index contributed by atoms with van der Waals surface area (Å²) in [5.74, 6) is -1.28. The molecule has 0 aliphatic rings. The van der Waals surface area contributed by atoms with Crippen LogP contribution >= 0.6 is 11.3 Å². The van der Waals surface area contributed by atoms with E-state index in [-0.39, 0.29) is 28.7 Å². The molecule has 2 aromatic carbocycles. The average Bonchev–Trinajstić information content (AvgIpc) is 3.38. The number of halogens is 3. The Morgan fingerprint density at radius 3 is 2.15 bits per heavy atom. The van der Waals surface area contributed by atoms with E-state index in [1.165, 1.54) is 24.3 Å². The highest BCUT2D eigenvalue weighted by Crippen LogP contribution is 2.33. The Labute approximate surface area is 271 Å². The third-order valence-corrected chi connectivity index (χ3v) is 7.01. The van der Waals surface area contributed by atoms with Crippen LogP contribution in [0.3, 0.4) is 0 Å². The second kappa shape index (κ2) is 14.3. The van der Waals surface area contributed by atoms with Crippen molar-refractivity contribution in [3.8, 4) is 10.6 Å². The maximum absolute atomic E-state index is 13.5. The lowest BCUT2D eigenvalue weighted by Crippen LogP contribution is -2.49. The lowest BCUT2D eigenvalue weighted by molar-refractivity contribution is -0.385. The Morgan fingerprint density at radius 1 is 1.00 bits per heavy atom. The van der Waals surface area contributed by atoms with Gasteiger partial charge in [0.25, 0.3) is 5.69 Å². The molecular formula is C30H34F3N5O8S. The van der Waals surface area contributed by atoms with Gasteiger partial charge in [0.2, 0.25) is 5.13 Å². The first-order chi connectivity index (χ1) is 21.6. The molecule has 3 aromatic rings. The van der Waals surface area contributed by atoms with Crippen LogP contribution in [-0.4, -0.2) is 62.2 Å². The maximum Gasteiger partial charge on any atom is 0.416 e. The van der Waals surface area contributed by atoms with Crippen LogP contribution in [0.4, 0.5) is 33.6 Å². The number of aliphatic carboxylic acids is 1. The lowest BCUT2D eigenvalue weighted by Gasteiger charge is -2.29. The molecule has 47 heavy (non-hydrogen) atoms. The highest BCUT2D eigenvalue weighted by molar-refractivity contribution is 7.18. The van der Waals surface area contributed by atoms with Crippen molar-refractivity contribution in [1.29, 1.82) is 0 Å². The molecule has 0 fully saturated rings. The number of hydrogen-bond donors (Lipinski definition) is 2. The zero-order chi connectivity index (χ0) is 35.3. The highest BCUT2D eigenvalue weighted by Gasteiger charge is 2.32. The van der Waals surface area contributed by atoms with Crippen LogP contribution in [0.25, 0.3) is 10.6 Å². The molecule has 1 aromatic heterocycles. The monoisotopic (exact) mass is 681 g/mol. The predicted molar refractivity (Wildman–Crippen MR) is 165 cm³/mol. The minimum atomic E-state index is -4.55. The Morgan fingerprint density at radius 2 is 1.62 bits per heavy atom. The molecule has 0 radical (unpaired) electrons. The van der Waals surface area contributed by atoms with Crippen molar-refractivity contribution >= 4 is 40.3 Å². The topological polar surface area (TPSA) is 174 Å². The molecule has 0 saturated heterocycles. The number of rotatable bonds is 10. The number of carbonyl (C=O) groups excluding carboxylic acids is 2. The predicted octanol–water partition coefficient (Wildman–Crippen LogP) is 6.64. The van der Waals surface area contributed by atoms with Crippen LogP contribution in [-0.2, 0) is 33.3 Å². The number of nitro groups is 1. The molecule has 2 N–H and O–H groups in total. The van der Waals surface area contributed by atoms with Crippen molar-refractivity contribution in [3.05, 3.63) is 69.3 Å². The summed E-state index contributed by atoms with van der Waals surface area (Å²) in [6, 6.07) is 7.22. The smallest absolute Gasteiger partial charge is 0.416 e. The second-order valence-corrected chi connectivity index (χ2v) is 13.3. The van der Waals surface area contributed by atoms with Crippen LogP contribution < -0.4 is 10.2 Å². The maximum atomic E-state index is 13.5. The number of aromatic nitrogens is 2. The molecule has 13 nitrogen and oxygen atoms in total. The van der Waals surface area contributed by atoms with Gasteiger partial charge in [-0.25, -0.2) is 14.5 Å². The first-order valence-electron chi connectivity index (χ1n) is 14.1. The van der Waals surface area contributed by atoms with Gasteiger partial charge in [0.15, 0.2) is 0 Å². The fourth-order valence-electron chi connectivity index (χ4n) is 4.16. The first kappa shape index (κ1) is 36.7. The Balaban J connectivity index is 2.02. The number of carbonyl (C=O) groups is 3. The summed E-state index contributed by atoms with van der Waals surface area (Å²) in [6.45, 7) is 9.55. The molecule has 1 heterocycles. The molecule has 1 atom stereocenters. The quantitative estimate of drug-likeness (QED) is 0.174. The van der Waals surface area contributed by atoms with E-state index in [4.69, 9.17) is 9.47 Å². The molecule has 0 spiro atoms. The molecule has 0 bridgehead atoms. The van der Waals surface area contributed by atoms with Gasteiger partial charge >= 0.3 is 24.3 Å². The number of carboxylic acid groups (broad SMARTS) is 1. The molecule has 3 rings (SSSR count). The fraction of sp³-hybridized carbons (Fsp3) is 0.433. The number of carboxylic acids is 1. The largest absolute Gasteiger partial charge is 0.481 e. The number of alkyl carbamates (subject to hydrolysis) is 1. The first-order valence-corrected chi connectivity index (χ1v) is 14.9. The number of nitrogens with zero attached hydrogens (tertiary/aromatic N) is 4. The summed E-state index contributed by atoms with van der Waals surface area (Å²) in [5.41, 5.74) is -2.45. The van der Waals surface area contributed by atoms with E-state index in [1.807, 2.05) is 0 Å². The van der Waals surface area contributed by atoms with Crippen molar-refractivity contribution < 1.29 is 47.1 Å². The fourth-order valence-corrected chi connectivity index (χ4v) is 5.00. The Hall–Kier alpha value is -4.80. The van der Waals surface area contributed by atoms with Gasteiger partial charge in [0.1, 0.15) is 16.2 Å². The van der Waals surface area contributed by atoms with Gasteiger partial charge in [-0.15, -0.1) is 10.2 Å². The van der Waals surface area contributed by atoms with E-state index in [0.717, 1.165) is 34.4 Å². The van der Waals surface area contributed by atoms with E-state index >= 15 is 0 Å². The van der Waals surface area contributed by atoms with Crippen molar-refractivity contribution in [2.24, 2.45) is 0 Å². The van der Waals surface area contributed by atoms with Gasteiger partial charge in [0, 0.05) is 17.2 Å². The number of nitro benzene ring substituents is 1. The van der Waals surface area contributed by atoms with Crippen LogP contribution in [0, 0.1) is 10.1 Å².